The lowest BCUT2D eigenvalue weighted by molar-refractivity contribution is 0.316. The van der Waals surface area contributed by atoms with Crippen LogP contribution in [-0.4, -0.2) is 18.4 Å². The largest absolute Gasteiger partial charge is 0.400 e. The fourth-order valence-corrected chi connectivity index (χ4v) is 0.289. The Kier molecular flexibility index (Phi) is 13.5. The fraction of sp³-hybridized carbons (Fsp3) is 1.00. The molecule has 8 heavy (non-hydrogen) atoms. The van der Waals surface area contributed by atoms with Crippen molar-refractivity contribution in [2.75, 3.05) is 7.11 Å². The van der Waals surface area contributed by atoms with Crippen LogP contribution in [0.25, 0.3) is 0 Å². The van der Waals surface area contributed by atoms with Crippen molar-refractivity contribution in [1.82, 2.24) is 0 Å². The summed E-state index contributed by atoms with van der Waals surface area (Å²) in [6, 6.07) is 0. The van der Waals surface area contributed by atoms with Crippen molar-refractivity contribution in [2.24, 2.45) is 0 Å². The zero-order valence-electron chi connectivity index (χ0n) is 5.82. The highest BCUT2D eigenvalue weighted by atomic mass is 19.1. The van der Waals surface area contributed by atoms with Gasteiger partial charge >= 0.3 is 0 Å². The van der Waals surface area contributed by atoms with E-state index in [1.807, 2.05) is 13.8 Å². The highest BCUT2D eigenvalue weighted by Gasteiger charge is 1.93. The second-order valence-corrected chi connectivity index (χ2v) is 1.41. The quantitative estimate of drug-likeness (QED) is 0.591. The van der Waals surface area contributed by atoms with E-state index in [1.54, 1.807) is 0 Å². The average Bonchev–Trinajstić information content (AvgIpc) is 1.91. The Morgan fingerprint density at radius 3 is 1.50 bits per heavy atom. The van der Waals surface area contributed by atoms with Crippen molar-refractivity contribution >= 4 is 0 Å². The zero-order valence-corrected chi connectivity index (χ0v) is 5.82. The van der Waals surface area contributed by atoms with Crippen LogP contribution in [-0.2, 0) is 0 Å². The van der Waals surface area contributed by atoms with E-state index < -0.39 is 6.17 Å². The van der Waals surface area contributed by atoms with Crippen LogP contribution < -0.4 is 0 Å². The van der Waals surface area contributed by atoms with Crippen LogP contribution >= 0.6 is 0 Å². The number of halogens is 1. The molecule has 0 aliphatic heterocycles. The van der Waals surface area contributed by atoms with Gasteiger partial charge in [0.1, 0.15) is 0 Å². The molecule has 0 atom stereocenters. The van der Waals surface area contributed by atoms with Crippen LogP contribution in [0.15, 0.2) is 0 Å². The summed E-state index contributed by atoms with van der Waals surface area (Å²) >= 11 is 0. The van der Waals surface area contributed by atoms with Crippen molar-refractivity contribution in [3.8, 4) is 0 Å². The van der Waals surface area contributed by atoms with Gasteiger partial charge in [0.25, 0.3) is 0 Å². The Morgan fingerprint density at radius 2 is 1.50 bits per heavy atom. The van der Waals surface area contributed by atoms with Crippen molar-refractivity contribution in [1.29, 1.82) is 0 Å². The minimum absolute atomic E-state index is 0.565. The molecule has 2 heteroatoms. The number of aliphatic hydroxyl groups is 1. The van der Waals surface area contributed by atoms with Crippen LogP contribution in [0.2, 0.25) is 0 Å². The van der Waals surface area contributed by atoms with Crippen molar-refractivity contribution in [3.63, 3.8) is 0 Å². The number of rotatable bonds is 2. The topological polar surface area (TPSA) is 20.2 Å². The molecule has 0 amide bonds. The maximum absolute atomic E-state index is 11.9. The van der Waals surface area contributed by atoms with Gasteiger partial charge in [0.05, 0.1) is 6.17 Å². The normalized spacial score (nSPS) is 8.25. The smallest absolute Gasteiger partial charge is 0.0996 e. The Balaban J connectivity index is 0. The van der Waals surface area contributed by atoms with Gasteiger partial charge in [-0.1, -0.05) is 13.8 Å². The number of alkyl halides is 1. The summed E-state index contributed by atoms with van der Waals surface area (Å²) in [7, 11) is 1.00. The van der Waals surface area contributed by atoms with E-state index in [0.717, 1.165) is 7.11 Å². The van der Waals surface area contributed by atoms with E-state index in [4.69, 9.17) is 5.11 Å². The highest BCUT2D eigenvalue weighted by molar-refractivity contribution is 4.44. The molecule has 0 radical (unpaired) electrons. The highest BCUT2D eigenvalue weighted by Crippen LogP contribution is 1.98. The summed E-state index contributed by atoms with van der Waals surface area (Å²) in [6.45, 7) is 3.71. The molecule has 0 aromatic heterocycles. The molecule has 0 heterocycles. The maximum atomic E-state index is 11.9. The summed E-state index contributed by atoms with van der Waals surface area (Å²) < 4.78 is 11.9. The first-order valence-corrected chi connectivity index (χ1v) is 2.90. The van der Waals surface area contributed by atoms with Crippen LogP contribution in [0.3, 0.4) is 0 Å². The van der Waals surface area contributed by atoms with Crippen LogP contribution in [0.1, 0.15) is 26.7 Å². The standard InChI is InChI=1S/C5H11F.CH4O/c1-3-5(6)4-2;1-2/h5H,3-4H2,1-2H3;2H,1H3. The monoisotopic (exact) mass is 122 g/mol. The van der Waals surface area contributed by atoms with Crippen molar-refractivity contribution in [3.05, 3.63) is 0 Å². The summed E-state index contributed by atoms with van der Waals surface area (Å²) in [5.74, 6) is 0. The molecule has 0 aromatic rings. The molecule has 1 N–H and O–H groups in total. The second kappa shape index (κ2) is 10.00. The molecular weight excluding hydrogens is 107 g/mol. The van der Waals surface area contributed by atoms with Gasteiger partial charge in [-0.05, 0) is 12.8 Å². The van der Waals surface area contributed by atoms with Gasteiger partial charge in [0.2, 0.25) is 0 Å². The first-order chi connectivity index (χ1) is 3.81. The molecule has 0 aromatic carbocycles. The number of hydrogen-bond donors (Lipinski definition) is 1. The lowest BCUT2D eigenvalue weighted by atomic mass is 10.2. The van der Waals surface area contributed by atoms with Crippen LogP contribution in [0.5, 0.6) is 0 Å². The van der Waals surface area contributed by atoms with E-state index in [9.17, 15) is 4.39 Å². The predicted octanol–water partition coefficient (Wildman–Crippen LogP) is 1.75. The molecule has 52 valence electrons. The van der Waals surface area contributed by atoms with E-state index >= 15 is 0 Å². The first-order valence-electron chi connectivity index (χ1n) is 2.90. The average molecular weight is 122 g/mol. The fourth-order valence-electron chi connectivity index (χ4n) is 0.289. The molecule has 0 bridgehead atoms. The second-order valence-electron chi connectivity index (χ2n) is 1.41. The van der Waals surface area contributed by atoms with Gasteiger partial charge in [0.15, 0.2) is 0 Å². The molecule has 1 nitrogen and oxygen atoms in total. The zero-order chi connectivity index (χ0) is 6.99. The Morgan fingerprint density at radius 1 is 1.25 bits per heavy atom. The summed E-state index contributed by atoms with van der Waals surface area (Å²) in [4.78, 5) is 0. The molecule has 0 spiro atoms. The Hall–Kier alpha value is -0.110. The van der Waals surface area contributed by atoms with Crippen molar-refractivity contribution in [2.45, 2.75) is 32.9 Å². The third-order valence-electron chi connectivity index (χ3n) is 0.886. The van der Waals surface area contributed by atoms with Crippen molar-refractivity contribution < 1.29 is 9.50 Å². The van der Waals surface area contributed by atoms with Gasteiger partial charge in [0, 0.05) is 7.11 Å². The Bertz CT molecular complexity index is 27.7. The minimum atomic E-state index is -0.565. The molecule has 0 aliphatic carbocycles. The summed E-state index contributed by atoms with van der Waals surface area (Å²) in [6.07, 6.45) is 0.762. The molecule has 0 saturated carbocycles. The lowest BCUT2D eigenvalue weighted by Gasteiger charge is -1.94. The van der Waals surface area contributed by atoms with Crippen LogP contribution in [0.4, 0.5) is 4.39 Å². The number of aliphatic hydroxyl groups excluding tert-OH is 1. The molecule has 0 saturated heterocycles. The lowest BCUT2D eigenvalue weighted by Crippen LogP contribution is -1.91. The van der Waals surface area contributed by atoms with E-state index in [1.165, 1.54) is 0 Å². The molecular formula is C6H15FO. The SMILES string of the molecule is CCC(F)CC.CO. The first kappa shape index (κ1) is 10.8. The summed E-state index contributed by atoms with van der Waals surface area (Å²) in [5, 5.41) is 7.00. The summed E-state index contributed by atoms with van der Waals surface area (Å²) in [5.41, 5.74) is 0. The molecule has 0 rings (SSSR count). The van der Waals surface area contributed by atoms with Gasteiger partial charge in [-0.25, -0.2) is 4.39 Å². The number of hydrogen-bond acceptors (Lipinski definition) is 1. The van der Waals surface area contributed by atoms with Gasteiger partial charge < -0.3 is 5.11 Å². The molecule has 0 unspecified atom stereocenters. The Labute approximate surface area is 50.5 Å². The van der Waals surface area contributed by atoms with Crippen LogP contribution in [0, 0.1) is 0 Å². The predicted molar refractivity (Wildman–Crippen MR) is 33.6 cm³/mol. The molecule has 0 aliphatic rings. The van der Waals surface area contributed by atoms with Gasteiger partial charge in [-0.3, -0.25) is 0 Å². The van der Waals surface area contributed by atoms with E-state index in [2.05, 4.69) is 0 Å². The molecule has 0 fully saturated rings. The van der Waals surface area contributed by atoms with Gasteiger partial charge in [-0.15, -0.1) is 0 Å². The third kappa shape index (κ3) is 9.31. The minimum Gasteiger partial charge on any atom is -0.400 e. The maximum Gasteiger partial charge on any atom is 0.0996 e. The third-order valence-corrected chi connectivity index (χ3v) is 0.886. The van der Waals surface area contributed by atoms with E-state index in [0.29, 0.717) is 12.8 Å². The van der Waals surface area contributed by atoms with E-state index in [-0.39, 0.29) is 0 Å². The van der Waals surface area contributed by atoms with Gasteiger partial charge in [-0.2, -0.15) is 0 Å².